The van der Waals surface area contributed by atoms with Crippen LogP contribution in [0.15, 0.2) is 29.1 Å². The van der Waals surface area contributed by atoms with Gasteiger partial charge in [-0.15, -0.1) is 0 Å². The molecule has 2 saturated heterocycles. The highest BCUT2D eigenvalue weighted by Crippen LogP contribution is 2.29. The van der Waals surface area contributed by atoms with Gasteiger partial charge < -0.3 is 9.88 Å². The van der Waals surface area contributed by atoms with Gasteiger partial charge in [-0.05, 0) is 57.5 Å². The minimum Gasteiger partial charge on any atom is -0.309 e. The van der Waals surface area contributed by atoms with Gasteiger partial charge in [-0.2, -0.15) is 0 Å². The highest BCUT2D eigenvalue weighted by Gasteiger charge is 2.28. The van der Waals surface area contributed by atoms with E-state index < -0.39 is 0 Å². The van der Waals surface area contributed by atoms with Crippen molar-refractivity contribution in [3.8, 4) is 0 Å². The van der Waals surface area contributed by atoms with Gasteiger partial charge in [-0.25, -0.2) is 4.98 Å². The lowest BCUT2D eigenvalue weighted by atomic mass is 10.2. The van der Waals surface area contributed by atoms with Crippen molar-refractivity contribution in [3.63, 3.8) is 0 Å². The van der Waals surface area contributed by atoms with E-state index in [0.29, 0.717) is 5.39 Å². The molecule has 1 unspecified atom stereocenters. The lowest BCUT2D eigenvalue weighted by Crippen LogP contribution is -2.34. The lowest BCUT2D eigenvalue weighted by molar-refractivity contribution is 0.208. The van der Waals surface area contributed by atoms with Gasteiger partial charge >= 0.3 is 0 Å². The van der Waals surface area contributed by atoms with E-state index >= 15 is 0 Å². The van der Waals surface area contributed by atoms with Gasteiger partial charge in [0, 0.05) is 13.1 Å². The molecule has 0 bridgehead atoms. The van der Waals surface area contributed by atoms with Crippen LogP contribution in [0.5, 0.6) is 0 Å². The molecule has 5 heteroatoms. The first-order valence-corrected chi connectivity index (χ1v) is 8.76. The van der Waals surface area contributed by atoms with Crippen molar-refractivity contribution in [1.29, 1.82) is 0 Å². The molecule has 1 aromatic carbocycles. The number of fused-ring (bicyclic) bond motifs is 1. The van der Waals surface area contributed by atoms with Gasteiger partial charge in [0.2, 0.25) is 0 Å². The van der Waals surface area contributed by atoms with Crippen LogP contribution >= 0.6 is 0 Å². The van der Waals surface area contributed by atoms with Crippen LogP contribution in [0.2, 0.25) is 0 Å². The van der Waals surface area contributed by atoms with E-state index in [4.69, 9.17) is 4.98 Å². The number of benzene rings is 1. The summed E-state index contributed by atoms with van der Waals surface area (Å²) in [6.45, 7) is 5.79. The monoisotopic (exact) mass is 312 g/mol. The number of nitrogens with one attached hydrogen (secondary N) is 1. The Morgan fingerprint density at radius 2 is 1.91 bits per heavy atom. The average molecular weight is 312 g/mol. The molecular formula is C18H24N4O. The fraction of sp³-hybridized carbons (Fsp3) is 0.556. The molecule has 0 saturated carbocycles. The molecule has 0 radical (unpaired) electrons. The SMILES string of the molecule is O=c1[nH]c(C2CCCN2CCN2CCCC2)nc2ccccc12. The maximum absolute atomic E-state index is 12.3. The molecule has 0 aliphatic carbocycles. The lowest BCUT2D eigenvalue weighted by Gasteiger charge is -2.26. The van der Waals surface area contributed by atoms with Crippen molar-refractivity contribution in [2.75, 3.05) is 32.7 Å². The molecule has 23 heavy (non-hydrogen) atoms. The Labute approximate surface area is 136 Å². The number of H-pyrrole nitrogens is 1. The predicted molar refractivity (Wildman–Crippen MR) is 91.6 cm³/mol. The van der Waals surface area contributed by atoms with Crippen LogP contribution in [0, 0.1) is 0 Å². The Kier molecular flexibility index (Phi) is 4.14. The van der Waals surface area contributed by atoms with E-state index in [2.05, 4.69) is 14.8 Å². The zero-order valence-electron chi connectivity index (χ0n) is 13.5. The number of aromatic nitrogens is 2. The van der Waals surface area contributed by atoms with E-state index in [0.717, 1.165) is 37.4 Å². The van der Waals surface area contributed by atoms with Crippen LogP contribution in [-0.4, -0.2) is 52.5 Å². The Morgan fingerprint density at radius 3 is 2.78 bits per heavy atom. The molecule has 2 fully saturated rings. The van der Waals surface area contributed by atoms with Crippen LogP contribution in [0.3, 0.4) is 0 Å². The van der Waals surface area contributed by atoms with Crippen LogP contribution in [0.25, 0.3) is 10.9 Å². The standard InChI is InChI=1S/C18H24N4O/c23-18-14-6-1-2-7-15(14)19-17(20-18)16-8-5-11-22(16)13-12-21-9-3-4-10-21/h1-2,6-7,16H,3-5,8-13H2,(H,19,20,23). The fourth-order valence-electron chi connectivity index (χ4n) is 3.94. The molecule has 4 rings (SSSR count). The van der Waals surface area contributed by atoms with Crippen molar-refractivity contribution in [1.82, 2.24) is 19.8 Å². The minimum atomic E-state index is -0.0167. The molecule has 1 aromatic heterocycles. The second kappa shape index (κ2) is 6.42. The van der Waals surface area contributed by atoms with Gasteiger partial charge in [0.1, 0.15) is 5.82 Å². The third kappa shape index (κ3) is 3.03. The highest BCUT2D eigenvalue weighted by molar-refractivity contribution is 5.77. The third-order valence-corrected chi connectivity index (χ3v) is 5.21. The molecule has 122 valence electrons. The smallest absolute Gasteiger partial charge is 0.258 e. The van der Waals surface area contributed by atoms with Gasteiger partial charge in [0.05, 0.1) is 16.9 Å². The van der Waals surface area contributed by atoms with Crippen molar-refractivity contribution in [2.45, 2.75) is 31.7 Å². The second-order valence-corrected chi connectivity index (χ2v) is 6.71. The maximum atomic E-state index is 12.3. The van der Waals surface area contributed by atoms with Gasteiger partial charge in [0.15, 0.2) is 0 Å². The number of hydrogen-bond acceptors (Lipinski definition) is 4. The first-order valence-electron chi connectivity index (χ1n) is 8.76. The molecule has 1 N–H and O–H groups in total. The summed E-state index contributed by atoms with van der Waals surface area (Å²) in [7, 11) is 0. The van der Waals surface area contributed by atoms with Crippen LogP contribution in [0.4, 0.5) is 0 Å². The Morgan fingerprint density at radius 1 is 1.09 bits per heavy atom. The number of hydrogen-bond donors (Lipinski definition) is 1. The molecule has 2 aliphatic heterocycles. The summed E-state index contributed by atoms with van der Waals surface area (Å²) >= 11 is 0. The molecule has 2 aromatic rings. The van der Waals surface area contributed by atoms with E-state index in [-0.39, 0.29) is 11.6 Å². The Balaban J connectivity index is 1.54. The molecular weight excluding hydrogens is 288 g/mol. The first kappa shape index (κ1) is 14.8. The van der Waals surface area contributed by atoms with Crippen LogP contribution in [0.1, 0.15) is 37.5 Å². The minimum absolute atomic E-state index is 0.0167. The summed E-state index contributed by atoms with van der Waals surface area (Å²) in [4.78, 5) is 25.1. The maximum Gasteiger partial charge on any atom is 0.258 e. The topological polar surface area (TPSA) is 52.2 Å². The number of rotatable bonds is 4. The average Bonchev–Trinajstić information content (AvgIpc) is 3.24. The van der Waals surface area contributed by atoms with Crippen molar-refractivity contribution < 1.29 is 0 Å². The molecule has 0 amide bonds. The van der Waals surface area contributed by atoms with Gasteiger partial charge in [0.25, 0.3) is 5.56 Å². The number of nitrogens with zero attached hydrogens (tertiary/aromatic N) is 3. The van der Waals surface area contributed by atoms with Crippen molar-refractivity contribution >= 4 is 10.9 Å². The Bertz CT molecular complexity index is 735. The number of likely N-dealkylation sites (tertiary alicyclic amines) is 2. The van der Waals surface area contributed by atoms with E-state index in [1.165, 1.54) is 32.4 Å². The van der Waals surface area contributed by atoms with Crippen molar-refractivity contribution in [3.05, 3.63) is 40.4 Å². The Hall–Kier alpha value is -1.72. The second-order valence-electron chi connectivity index (χ2n) is 6.71. The summed E-state index contributed by atoms with van der Waals surface area (Å²) in [5, 5.41) is 0.679. The molecule has 2 aliphatic rings. The predicted octanol–water partition coefficient (Wildman–Crippen LogP) is 2.16. The first-order chi connectivity index (χ1) is 11.3. The number of para-hydroxylation sites is 1. The number of aromatic amines is 1. The summed E-state index contributed by atoms with van der Waals surface area (Å²) in [5.41, 5.74) is 0.787. The summed E-state index contributed by atoms with van der Waals surface area (Å²) in [6, 6.07) is 7.85. The van der Waals surface area contributed by atoms with E-state index in [9.17, 15) is 4.79 Å². The van der Waals surface area contributed by atoms with E-state index in [1.54, 1.807) is 0 Å². The molecule has 0 spiro atoms. The summed E-state index contributed by atoms with van der Waals surface area (Å²) in [5.74, 6) is 0.840. The third-order valence-electron chi connectivity index (χ3n) is 5.21. The zero-order chi connectivity index (χ0) is 15.6. The molecule has 1 atom stereocenters. The van der Waals surface area contributed by atoms with Gasteiger partial charge in [-0.3, -0.25) is 9.69 Å². The van der Waals surface area contributed by atoms with Crippen LogP contribution in [-0.2, 0) is 0 Å². The zero-order valence-corrected chi connectivity index (χ0v) is 13.5. The summed E-state index contributed by atoms with van der Waals surface area (Å²) in [6.07, 6.45) is 4.94. The normalized spacial score (nSPS) is 23.0. The largest absolute Gasteiger partial charge is 0.309 e. The molecule has 3 heterocycles. The van der Waals surface area contributed by atoms with Gasteiger partial charge in [-0.1, -0.05) is 12.1 Å². The fourth-order valence-corrected chi connectivity index (χ4v) is 3.94. The van der Waals surface area contributed by atoms with Crippen molar-refractivity contribution in [2.24, 2.45) is 0 Å². The highest BCUT2D eigenvalue weighted by atomic mass is 16.1. The quantitative estimate of drug-likeness (QED) is 0.940. The molecule has 5 nitrogen and oxygen atoms in total. The summed E-state index contributed by atoms with van der Waals surface area (Å²) < 4.78 is 0. The van der Waals surface area contributed by atoms with Crippen LogP contribution < -0.4 is 5.56 Å². The van der Waals surface area contributed by atoms with E-state index in [1.807, 2.05) is 24.3 Å².